The number of hydrogen-bond donors (Lipinski definition) is 4. The predicted octanol–water partition coefficient (Wildman–Crippen LogP) is 0.0435. The highest BCUT2D eigenvalue weighted by atomic mass is 16.6. The minimum Gasteiger partial charge on any atom is -0.502 e. The van der Waals surface area contributed by atoms with Crippen LogP contribution in [-0.2, 0) is 0 Å². The number of rotatable bonds is 5. The fourth-order valence-corrected chi connectivity index (χ4v) is 1.43. The number of nitro groups is 1. The molecule has 0 aromatic heterocycles. The van der Waals surface area contributed by atoms with E-state index in [2.05, 4.69) is 0 Å². The summed E-state index contributed by atoms with van der Waals surface area (Å²) in [5, 5.41) is 39.0. The molecule has 0 fully saturated rings. The number of hydrogen-bond acceptors (Lipinski definition) is 6. The first-order valence-corrected chi connectivity index (χ1v) is 5.01. The van der Waals surface area contributed by atoms with Gasteiger partial charge in [0.2, 0.25) is 0 Å². The quantitative estimate of drug-likeness (QED) is 0.426. The molecule has 1 rings (SSSR count). The Kier molecular flexibility index (Phi) is 4.38. The number of aliphatic hydroxyl groups is 2. The number of phenols is 1. The molecule has 0 spiro atoms. The van der Waals surface area contributed by atoms with Gasteiger partial charge < -0.3 is 21.1 Å². The smallest absolute Gasteiger partial charge is 0.310 e. The largest absolute Gasteiger partial charge is 0.502 e. The van der Waals surface area contributed by atoms with Crippen molar-refractivity contribution in [3.8, 4) is 5.75 Å². The van der Waals surface area contributed by atoms with Gasteiger partial charge in [0.05, 0.1) is 11.0 Å². The van der Waals surface area contributed by atoms with E-state index in [0.717, 1.165) is 12.1 Å². The number of aromatic hydroxyl groups is 1. The lowest BCUT2D eigenvalue weighted by atomic mass is 10.0. The monoisotopic (exact) mass is 242 g/mol. The zero-order valence-corrected chi connectivity index (χ0v) is 8.98. The zero-order chi connectivity index (χ0) is 13.0. The third-order valence-electron chi connectivity index (χ3n) is 2.36. The fraction of sp³-hybridized carbons (Fsp3) is 0.400. The van der Waals surface area contributed by atoms with Crippen LogP contribution in [0.4, 0.5) is 5.69 Å². The molecule has 94 valence electrons. The molecular weight excluding hydrogens is 228 g/mol. The number of phenolic OH excluding ortho intramolecular Hbond substituents is 1. The van der Waals surface area contributed by atoms with E-state index >= 15 is 0 Å². The molecule has 17 heavy (non-hydrogen) atoms. The van der Waals surface area contributed by atoms with Crippen LogP contribution in [0, 0.1) is 10.1 Å². The van der Waals surface area contributed by atoms with E-state index in [4.69, 9.17) is 5.73 Å². The Morgan fingerprint density at radius 1 is 1.41 bits per heavy atom. The highest BCUT2D eigenvalue weighted by molar-refractivity contribution is 5.47. The van der Waals surface area contributed by atoms with Gasteiger partial charge in [-0.25, -0.2) is 0 Å². The van der Waals surface area contributed by atoms with E-state index in [1.54, 1.807) is 0 Å². The van der Waals surface area contributed by atoms with E-state index in [9.17, 15) is 25.4 Å². The molecule has 0 aliphatic carbocycles. The molecule has 0 radical (unpaired) electrons. The molecule has 0 heterocycles. The van der Waals surface area contributed by atoms with Gasteiger partial charge in [0.1, 0.15) is 6.10 Å². The van der Waals surface area contributed by atoms with Crippen LogP contribution in [0.25, 0.3) is 0 Å². The fourth-order valence-electron chi connectivity index (χ4n) is 1.43. The second-order valence-electron chi connectivity index (χ2n) is 3.59. The van der Waals surface area contributed by atoms with Crippen LogP contribution in [0.15, 0.2) is 18.2 Å². The summed E-state index contributed by atoms with van der Waals surface area (Å²) in [6, 6.07) is 3.41. The van der Waals surface area contributed by atoms with Gasteiger partial charge in [0.15, 0.2) is 5.75 Å². The van der Waals surface area contributed by atoms with Crippen molar-refractivity contribution in [3.63, 3.8) is 0 Å². The maximum Gasteiger partial charge on any atom is 0.310 e. The second kappa shape index (κ2) is 5.58. The van der Waals surface area contributed by atoms with Gasteiger partial charge in [0, 0.05) is 6.07 Å². The predicted molar refractivity (Wildman–Crippen MR) is 59.4 cm³/mol. The maximum atomic E-state index is 10.5. The molecule has 7 nitrogen and oxygen atoms in total. The summed E-state index contributed by atoms with van der Waals surface area (Å²) < 4.78 is 0. The van der Waals surface area contributed by atoms with Gasteiger partial charge in [-0.05, 0) is 30.7 Å². The third kappa shape index (κ3) is 3.13. The molecule has 0 aliphatic heterocycles. The lowest BCUT2D eigenvalue weighted by Gasteiger charge is -2.17. The Labute approximate surface area is 97.3 Å². The summed E-state index contributed by atoms with van der Waals surface area (Å²) in [5.74, 6) is -0.550. The number of aliphatic hydroxyl groups excluding tert-OH is 2. The SMILES string of the molecule is NCCC(O)C(O)c1ccc([N+](=O)[O-])c(O)c1. The van der Waals surface area contributed by atoms with E-state index in [-0.39, 0.29) is 18.5 Å². The molecule has 1 aromatic rings. The summed E-state index contributed by atoms with van der Waals surface area (Å²) in [5.41, 5.74) is 4.98. The van der Waals surface area contributed by atoms with E-state index < -0.39 is 28.6 Å². The van der Waals surface area contributed by atoms with Crippen molar-refractivity contribution in [2.75, 3.05) is 6.54 Å². The molecule has 0 saturated heterocycles. The number of nitrogens with two attached hydrogens (primary N) is 1. The average molecular weight is 242 g/mol. The van der Waals surface area contributed by atoms with Crippen molar-refractivity contribution in [1.82, 2.24) is 0 Å². The van der Waals surface area contributed by atoms with Gasteiger partial charge in [-0.15, -0.1) is 0 Å². The topological polar surface area (TPSA) is 130 Å². The van der Waals surface area contributed by atoms with Gasteiger partial charge in [-0.3, -0.25) is 10.1 Å². The zero-order valence-electron chi connectivity index (χ0n) is 8.98. The van der Waals surface area contributed by atoms with Crippen LogP contribution in [0.5, 0.6) is 5.75 Å². The van der Waals surface area contributed by atoms with Crippen LogP contribution >= 0.6 is 0 Å². The molecule has 0 saturated carbocycles. The summed E-state index contributed by atoms with van der Waals surface area (Å²) in [6.07, 6.45) is -2.11. The molecule has 2 unspecified atom stereocenters. The highest BCUT2D eigenvalue weighted by Crippen LogP contribution is 2.30. The first kappa shape index (κ1) is 13.4. The molecular formula is C10H14N2O5. The van der Waals surface area contributed by atoms with Crippen LogP contribution in [0.2, 0.25) is 0 Å². The second-order valence-corrected chi connectivity index (χ2v) is 3.59. The van der Waals surface area contributed by atoms with Crippen molar-refractivity contribution in [3.05, 3.63) is 33.9 Å². The number of benzene rings is 1. The highest BCUT2D eigenvalue weighted by Gasteiger charge is 2.21. The van der Waals surface area contributed by atoms with Gasteiger partial charge >= 0.3 is 5.69 Å². The Hall–Kier alpha value is -1.70. The van der Waals surface area contributed by atoms with Gasteiger partial charge in [-0.2, -0.15) is 0 Å². The molecule has 5 N–H and O–H groups in total. The Morgan fingerprint density at radius 2 is 2.06 bits per heavy atom. The van der Waals surface area contributed by atoms with Crippen LogP contribution < -0.4 is 5.73 Å². The first-order chi connectivity index (χ1) is 7.97. The van der Waals surface area contributed by atoms with Crippen molar-refractivity contribution < 1.29 is 20.2 Å². The van der Waals surface area contributed by atoms with Gasteiger partial charge in [-0.1, -0.05) is 0 Å². The Balaban J connectivity index is 2.93. The van der Waals surface area contributed by atoms with E-state index in [1.807, 2.05) is 0 Å². The molecule has 0 amide bonds. The van der Waals surface area contributed by atoms with Crippen molar-refractivity contribution in [1.29, 1.82) is 0 Å². The van der Waals surface area contributed by atoms with Crippen molar-refractivity contribution in [2.45, 2.75) is 18.6 Å². The molecule has 0 bridgehead atoms. The van der Waals surface area contributed by atoms with Crippen LogP contribution in [-0.4, -0.2) is 32.9 Å². The molecule has 2 atom stereocenters. The summed E-state index contributed by atoms with van der Waals surface area (Å²) >= 11 is 0. The molecule has 0 aliphatic rings. The molecule has 7 heteroatoms. The number of nitrogens with zero attached hydrogens (tertiary/aromatic N) is 1. The minimum absolute atomic E-state index is 0.193. The van der Waals surface area contributed by atoms with Crippen LogP contribution in [0.1, 0.15) is 18.1 Å². The normalized spacial score (nSPS) is 14.3. The van der Waals surface area contributed by atoms with E-state index in [0.29, 0.717) is 0 Å². The van der Waals surface area contributed by atoms with Crippen molar-refractivity contribution >= 4 is 5.69 Å². The van der Waals surface area contributed by atoms with Gasteiger partial charge in [0.25, 0.3) is 0 Å². The minimum atomic E-state index is -1.23. The maximum absolute atomic E-state index is 10.5. The Morgan fingerprint density at radius 3 is 2.53 bits per heavy atom. The Bertz CT molecular complexity index is 410. The summed E-state index contributed by atoms with van der Waals surface area (Å²) in [6.45, 7) is 0.206. The standard InChI is InChI=1S/C10H14N2O5/c11-4-3-8(13)10(15)6-1-2-7(12(16)17)9(14)5-6/h1-2,5,8,10,13-15H,3-4,11H2. The summed E-state index contributed by atoms with van der Waals surface area (Å²) in [7, 11) is 0. The molecule has 1 aromatic carbocycles. The van der Waals surface area contributed by atoms with Crippen LogP contribution in [0.3, 0.4) is 0 Å². The first-order valence-electron chi connectivity index (χ1n) is 5.01. The van der Waals surface area contributed by atoms with Crippen molar-refractivity contribution in [2.24, 2.45) is 5.73 Å². The average Bonchev–Trinajstić information content (AvgIpc) is 2.27. The number of nitro benzene ring substituents is 1. The third-order valence-corrected chi connectivity index (χ3v) is 2.36. The lowest BCUT2D eigenvalue weighted by molar-refractivity contribution is -0.385. The van der Waals surface area contributed by atoms with E-state index in [1.165, 1.54) is 6.07 Å². The lowest BCUT2D eigenvalue weighted by Crippen LogP contribution is -2.21. The summed E-state index contributed by atoms with van der Waals surface area (Å²) in [4.78, 5) is 9.72.